The number of halogens is 2. The van der Waals surface area contributed by atoms with E-state index in [9.17, 15) is 19.8 Å². The van der Waals surface area contributed by atoms with Crippen molar-refractivity contribution in [1.29, 1.82) is 0 Å². The van der Waals surface area contributed by atoms with E-state index in [1.54, 1.807) is 5.57 Å². The zero-order chi connectivity index (χ0) is 74.5. The van der Waals surface area contributed by atoms with Crippen LogP contribution in [-0.2, 0) is 41.8 Å². The van der Waals surface area contributed by atoms with Gasteiger partial charge in [-0.05, 0) is 207 Å². The molecule has 0 bridgehead atoms. The summed E-state index contributed by atoms with van der Waals surface area (Å²) in [5, 5.41) is 30.7. The second kappa shape index (κ2) is 38.1. The maximum atomic E-state index is 12.0. The van der Waals surface area contributed by atoms with Crippen LogP contribution in [0.3, 0.4) is 0 Å². The Bertz CT molecular complexity index is 2800. The molecule has 2 aliphatic heterocycles. The summed E-state index contributed by atoms with van der Waals surface area (Å²) >= 11 is 3.59. The number of fused-ring (bicyclic) bond motifs is 2. The van der Waals surface area contributed by atoms with Crippen molar-refractivity contribution in [3.63, 3.8) is 0 Å². The van der Waals surface area contributed by atoms with Gasteiger partial charge in [0, 0.05) is 62.3 Å². The fraction of sp³-hybridized carbons (Fsp3) is 0.780. The molecule has 0 unspecified atom stereocenters. The van der Waals surface area contributed by atoms with E-state index in [1.807, 2.05) is 19.9 Å². The second-order valence-electron chi connectivity index (χ2n) is 35.1. The molecule has 0 spiro atoms. The van der Waals surface area contributed by atoms with E-state index >= 15 is 0 Å². The molecule has 7 fully saturated rings. The molecule has 3 N–H and O–H groups in total. The molecular formula is C82H142BrFO12Si3. The van der Waals surface area contributed by atoms with E-state index in [-0.39, 0.29) is 86.1 Å². The lowest BCUT2D eigenvalue weighted by atomic mass is 9.60. The number of cyclic esters (lactones) is 2. The van der Waals surface area contributed by atoms with Gasteiger partial charge in [-0.25, -0.2) is 9.59 Å². The molecule has 0 aromatic carbocycles. The van der Waals surface area contributed by atoms with Crippen LogP contribution in [0, 0.1) is 70.5 Å². The van der Waals surface area contributed by atoms with E-state index in [0.29, 0.717) is 84.9 Å². The summed E-state index contributed by atoms with van der Waals surface area (Å²) in [6.07, 6.45) is 25.0. The van der Waals surface area contributed by atoms with Crippen LogP contribution >= 0.6 is 15.9 Å². The smallest absolute Gasteiger partial charge is 0.334 e. The largest absolute Gasteiger partial charge is 0.458 e. The van der Waals surface area contributed by atoms with Crippen molar-refractivity contribution in [3.05, 3.63) is 83.0 Å². The van der Waals surface area contributed by atoms with Crippen LogP contribution in [0.2, 0.25) is 54.4 Å². The van der Waals surface area contributed by atoms with Crippen molar-refractivity contribution in [3.8, 4) is 12.3 Å². The maximum absolute atomic E-state index is 12.0. The summed E-state index contributed by atoms with van der Waals surface area (Å²) in [7, 11) is -5.97. The number of esters is 2. The van der Waals surface area contributed by atoms with E-state index in [0.717, 1.165) is 49.5 Å². The minimum Gasteiger partial charge on any atom is -0.458 e. The zero-order valence-electron chi connectivity index (χ0n) is 66.4. The van der Waals surface area contributed by atoms with Crippen molar-refractivity contribution in [2.24, 2.45) is 58.2 Å². The number of aliphatic hydroxyl groups is 3. The Hall–Kier alpha value is -2.58. The van der Waals surface area contributed by atoms with Gasteiger partial charge in [0.1, 0.15) is 30.5 Å². The van der Waals surface area contributed by atoms with E-state index < -0.39 is 43.3 Å². The van der Waals surface area contributed by atoms with Gasteiger partial charge in [-0.2, -0.15) is 0 Å². The molecule has 2 saturated heterocycles. The summed E-state index contributed by atoms with van der Waals surface area (Å²) in [4.78, 5) is 25.9. The van der Waals surface area contributed by atoms with Gasteiger partial charge < -0.3 is 47.5 Å². The zero-order valence-corrected chi connectivity index (χ0v) is 71.0. The number of allylic oxidation sites excluding steroid dienone is 4. The van der Waals surface area contributed by atoms with Gasteiger partial charge in [0.25, 0.3) is 0 Å². The Balaban J connectivity index is 0.000000389. The molecule has 0 amide bonds. The Labute approximate surface area is 614 Å². The van der Waals surface area contributed by atoms with E-state index in [2.05, 4.69) is 208 Å². The first kappa shape index (κ1) is 90.6. The van der Waals surface area contributed by atoms with Crippen molar-refractivity contribution >= 4 is 52.8 Å². The van der Waals surface area contributed by atoms with Crippen molar-refractivity contribution in [2.75, 3.05) is 26.4 Å². The first-order valence-corrected chi connectivity index (χ1v) is 47.5. The normalized spacial score (nSPS) is 31.8. The molecule has 12 nitrogen and oxygen atoms in total. The van der Waals surface area contributed by atoms with Crippen molar-refractivity contribution in [1.82, 2.24) is 0 Å². The Morgan fingerprint density at radius 3 is 1.59 bits per heavy atom. The average Bonchev–Trinajstić information content (AvgIpc) is 1.63. The lowest BCUT2D eigenvalue weighted by Gasteiger charge is -2.45. The highest BCUT2D eigenvalue weighted by molar-refractivity contribution is 9.11. The predicted octanol–water partition coefficient (Wildman–Crippen LogP) is 20.2. The highest BCUT2D eigenvalue weighted by Crippen LogP contribution is 2.62. The number of carbonyl (C=O) groups is 2. The fourth-order valence-electron chi connectivity index (χ4n) is 16.2. The number of hydrogen-bond acceptors (Lipinski definition) is 12. The van der Waals surface area contributed by atoms with Gasteiger partial charge in [0.15, 0.2) is 25.0 Å². The van der Waals surface area contributed by atoms with Gasteiger partial charge in [-0.3, -0.25) is 4.70 Å². The van der Waals surface area contributed by atoms with Crippen LogP contribution in [0.25, 0.3) is 0 Å². The minimum absolute atomic E-state index is 0. The molecule has 99 heavy (non-hydrogen) atoms. The van der Waals surface area contributed by atoms with Gasteiger partial charge >= 0.3 is 11.9 Å². The minimum atomic E-state index is -2.10. The monoisotopic (exact) mass is 1500 g/mol. The topological polar surface area (TPSA) is 159 Å². The van der Waals surface area contributed by atoms with Crippen LogP contribution in [0.1, 0.15) is 220 Å². The first-order chi connectivity index (χ1) is 45.4. The predicted molar refractivity (Wildman–Crippen MR) is 420 cm³/mol. The summed E-state index contributed by atoms with van der Waals surface area (Å²) in [6.45, 7) is 69.3. The van der Waals surface area contributed by atoms with Crippen LogP contribution < -0.4 is 0 Å². The van der Waals surface area contributed by atoms with Gasteiger partial charge in [0.2, 0.25) is 0 Å². The number of rotatable bonds is 25. The standard InChI is InChI=1S/C31H46O6.C29H60O4Si3.C20H29BrO2.C2H6.FH/c1-18(16-27-19(2)20(3)30(35)37-27)24-11-12-25-22(8-6-13-31(24,25)5)9-10-23-17-26(33)29(28(34)21(23)4)36-15-7-14-32;1-18-21-25(33-36(16,17)29(9,10)11)26(24(19-2)32-35(14,15)28(6,7)8)30-22-20-23-31-34(12,13)27(3,4)5;1-12(10-18-13(2)14(3)19(22)23-18)16-7-8-17-15(11-21)6-5-9-20(16,17)4;1-2;/h9-10,18-19,24-29,32-34H,3-4,6-8,11-17H2,1-2,5H3;1,19,24-26H,2,20-23H2,3-17H3;11-13,16-18H,3,5-10H2,1-2,4H3;1-2H3;1H/b22-9+,23-10-;;15-11+;;/t18-,19-,24-,25+,26-,27-,28-,29+,31-;24-,25-,26-;12-,13-,16-,17+,18-,20-;;/m111../s1. The molecule has 2 heterocycles. The Kier molecular flexibility index (Phi) is 34.9. The number of terminal acetylenes is 1. The number of hydrogen-bond donors (Lipinski definition) is 3. The summed E-state index contributed by atoms with van der Waals surface area (Å²) in [6, 6.07) is 0. The highest BCUT2D eigenvalue weighted by atomic mass is 79.9. The molecule has 5 saturated carbocycles. The first-order valence-electron chi connectivity index (χ1n) is 37.8. The average molecular weight is 1500 g/mol. The maximum Gasteiger partial charge on any atom is 0.334 e. The molecule has 5 aliphatic carbocycles. The lowest BCUT2D eigenvalue weighted by molar-refractivity contribution is -0.141. The van der Waals surface area contributed by atoms with Crippen LogP contribution in [0.15, 0.2) is 83.0 Å². The third-order valence-corrected chi connectivity index (χ3v) is 39.8. The Morgan fingerprint density at radius 1 is 0.697 bits per heavy atom. The quantitative estimate of drug-likeness (QED) is 0.0199. The van der Waals surface area contributed by atoms with Crippen molar-refractivity contribution in [2.45, 2.75) is 324 Å². The second-order valence-corrected chi connectivity index (χ2v) is 49.9. The van der Waals surface area contributed by atoms with Crippen LogP contribution in [0.5, 0.6) is 0 Å². The number of ether oxygens (including phenoxy) is 4. The molecule has 18 atom stereocenters. The van der Waals surface area contributed by atoms with Crippen molar-refractivity contribution < 1.29 is 61.8 Å². The molecule has 568 valence electrons. The molecule has 7 aliphatic rings. The fourth-order valence-corrected chi connectivity index (χ4v) is 20.4. The summed E-state index contributed by atoms with van der Waals surface area (Å²) < 4.78 is 43.5. The molecule has 7 rings (SSSR count). The van der Waals surface area contributed by atoms with Crippen LogP contribution in [-0.4, -0.2) is 127 Å². The SMILES string of the molecule is C#CC[C@@H](O[Si](C)(C)C(C)(C)C)[C@H](OCCCO[Si](C)(C)C(C)(C)C)[C@@H](C=C)O[Si](C)(C)C(C)(C)C.C=C1C(=O)O[C@H](C[C@@H](C)[C@H]2CC[C@H]3/C(=C/Br)CCC[C@]23C)[C@@H]1C.C=C1C(=O)O[C@H](C[C@@H](C)[C@H]2CC[C@H]3/C(=C/C=C4/C[C@@H](O)[C@H](OCCCO)[C@H](O)C4=C)CCC[C@]23C)[C@@H]1C.CC.F. The third-order valence-electron chi connectivity index (χ3n) is 25.7. The van der Waals surface area contributed by atoms with Gasteiger partial charge in [-0.15, -0.1) is 18.9 Å². The lowest BCUT2D eigenvalue weighted by Crippen LogP contribution is -2.53. The Morgan fingerprint density at radius 2 is 1.16 bits per heavy atom. The third kappa shape index (κ3) is 22.5. The van der Waals surface area contributed by atoms with E-state index in [1.165, 1.54) is 56.9 Å². The van der Waals surface area contributed by atoms with Crippen LogP contribution in [0.4, 0.5) is 4.70 Å². The molecule has 17 heteroatoms. The molecule has 0 radical (unpaired) electrons. The van der Waals surface area contributed by atoms with E-state index in [4.69, 9.17) is 43.8 Å². The highest BCUT2D eigenvalue weighted by Gasteiger charge is 2.54. The summed E-state index contributed by atoms with van der Waals surface area (Å²) in [5.41, 5.74) is 6.45. The molecular weight excluding hydrogens is 1360 g/mol. The van der Waals surface area contributed by atoms with Gasteiger partial charge in [0.05, 0.1) is 18.3 Å². The number of aliphatic hydroxyl groups excluding tert-OH is 3. The summed E-state index contributed by atoms with van der Waals surface area (Å²) in [5.74, 6) is 6.30. The molecule has 0 aromatic heterocycles. The molecule has 0 aromatic rings. The number of carbonyl (C=O) groups excluding carboxylic acids is 2. The van der Waals surface area contributed by atoms with Gasteiger partial charge in [-0.1, -0.05) is 183 Å².